The van der Waals surface area contributed by atoms with Gasteiger partial charge in [-0.3, -0.25) is 0 Å². The normalized spacial score (nSPS) is 9.94. The Hall–Kier alpha value is -1.71. The summed E-state index contributed by atoms with van der Waals surface area (Å²) in [6, 6.07) is 5.44. The van der Waals surface area contributed by atoms with Crippen molar-refractivity contribution in [2.24, 2.45) is 5.73 Å². The van der Waals surface area contributed by atoms with Crippen molar-refractivity contribution in [2.45, 2.75) is 20.4 Å². The standard InChI is InChI=1S/C12H18N2O2/c1-4-16-11-6-5-10(7-9(11)2)8-14(3)12(13)15/h5-7H,4,8H2,1-3H3,(H2,13,15). The molecule has 0 fully saturated rings. The molecule has 0 atom stereocenters. The minimum atomic E-state index is -0.425. The number of primary amides is 1. The molecule has 4 nitrogen and oxygen atoms in total. The molecular weight excluding hydrogens is 204 g/mol. The van der Waals surface area contributed by atoms with Crippen LogP contribution in [0.1, 0.15) is 18.1 Å². The van der Waals surface area contributed by atoms with Crippen LogP contribution in [0.3, 0.4) is 0 Å². The van der Waals surface area contributed by atoms with Crippen molar-refractivity contribution in [1.29, 1.82) is 0 Å². The van der Waals surface area contributed by atoms with Gasteiger partial charge in [0.25, 0.3) is 0 Å². The van der Waals surface area contributed by atoms with Crippen molar-refractivity contribution >= 4 is 6.03 Å². The van der Waals surface area contributed by atoms with Gasteiger partial charge in [-0.2, -0.15) is 0 Å². The summed E-state index contributed by atoms with van der Waals surface area (Å²) in [7, 11) is 1.67. The Labute approximate surface area is 96.0 Å². The maximum atomic E-state index is 10.9. The van der Waals surface area contributed by atoms with Gasteiger partial charge in [0.1, 0.15) is 5.75 Å². The second-order valence-corrected chi connectivity index (χ2v) is 3.73. The van der Waals surface area contributed by atoms with E-state index in [0.717, 1.165) is 16.9 Å². The average Bonchev–Trinajstić information content (AvgIpc) is 2.22. The average molecular weight is 222 g/mol. The molecule has 0 heterocycles. The molecule has 2 amide bonds. The van der Waals surface area contributed by atoms with Crippen molar-refractivity contribution < 1.29 is 9.53 Å². The molecule has 16 heavy (non-hydrogen) atoms. The first-order valence-corrected chi connectivity index (χ1v) is 5.27. The van der Waals surface area contributed by atoms with Crippen LogP contribution in [0.4, 0.5) is 4.79 Å². The Bertz CT molecular complexity index is 377. The number of amides is 2. The summed E-state index contributed by atoms with van der Waals surface area (Å²) >= 11 is 0. The van der Waals surface area contributed by atoms with Gasteiger partial charge in [-0.25, -0.2) is 4.79 Å². The van der Waals surface area contributed by atoms with Crippen LogP contribution >= 0.6 is 0 Å². The summed E-state index contributed by atoms with van der Waals surface area (Å²) in [4.78, 5) is 12.3. The van der Waals surface area contributed by atoms with Crippen molar-refractivity contribution in [1.82, 2.24) is 4.90 Å². The number of hydrogen-bond donors (Lipinski definition) is 1. The second-order valence-electron chi connectivity index (χ2n) is 3.73. The number of benzene rings is 1. The van der Waals surface area contributed by atoms with E-state index in [0.29, 0.717) is 13.2 Å². The molecule has 88 valence electrons. The molecule has 0 aromatic heterocycles. The molecule has 0 saturated carbocycles. The van der Waals surface area contributed by atoms with Crippen LogP contribution in [0.15, 0.2) is 18.2 Å². The van der Waals surface area contributed by atoms with Gasteiger partial charge >= 0.3 is 6.03 Å². The molecule has 0 unspecified atom stereocenters. The third-order valence-corrected chi connectivity index (χ3v) is 2.34. The highest BCUT2D eigenvalue weighted by atomic mass is 16.5. The molecule has 0 radical (unpaired) electrons. The summed E-state index contributed by atoms with van der Waals surface area (Å²) in [5.74, 6) is 0.882. The van der Waals surface area contributed by atoms with Gasteiger partial charge in [0, 0.05) is 13.6 Å². The Morgan fingerprint density at radius 3 is 2.69 bits per heavy atom. The highest BCUT2D eigenvalue weighted by Gasteiger charge is 2.06. The van der Waals surface area contributed by atoms with E-state index < -0.39 is 6.03 Å². The largest absolute Gasteiger partial charge is 0.494 e. The first-order valence-electron chi connectivity index (χ1n) is 5.27. The molecule has 0 spiro atoms. The monoisotopic (exact) mass is 222 g/mol. The molecule has 1 rings (SSSR count). The molecule has 1 aromatic rings. The van der Waals surface area contributed by atoms with Gasteiger partial charge in [0.15, 0.2) is 0 Å². The lowest BCUT2D eigenvalue weighted by Crippen LogP contribution is -2.31. The first kappa shape index (κ1) is 12.4. The molecule has 0 aliphatic heterocycles. The number of nitrogens with two attached hydrogens (primary N) is 1. The lowest BCUT2D eigenvalue weighted by molar-refractivity contribution is 0.216. The van der Waals surface area contributed by atoms with E-state index in [2.05, 4.69) is 0 Å². The molecule has 4 heteroatoms. The Balaban J connectivity index is 2.77. The summed E-state index contributed by atoms with van der Waals surface area (Å²) < 4.78 is 5.44. The van der Waals surface area contributed by atoms with Gasteiger partial charge in [0.2, 0.25) is 0 Å². The zero-order valence-corrected chi connectivity index (χ0v) is 9.99. The van der Waals surface area contributed by atoms with Gasteiger partial charge in [-0.05, 0) is 31.0 Å². The first-order chi connectivity index (χ1) is 7.54. The number of carbonyl (C=O) groups excluding carboxylic acids is 1. The van der Waals surface area contributed by atoms with Crippen LogP contribution < -0.4 is 10.5 Å². The minimum absolute atomic E-state index is 0.425. The van der Waals surface area contributed by atoms with E-state index in [-0.39, 0.29) is 0 Å². The molecule has 0 bridgehead atoms. The number of hydrogen-bond acceptors (Lipinski definition) is 2. The van der Waals surface area contributed by atoms with E-state index in [4.69, 9.17) is 10.5 Å². The van der Waals surface area contributed by atoms with Gasteiger partial charge < -0.3 is 15.4 Å². The predicted molar refractivity (Wildman–Crippen MR) is 63.4 cm³/mol. The third kappa shape index (κ3) is 3.15. The number of carbonyl (C=O) groups is 1. The van der Waals surface area contributed by atoms with Crippen LogP contribution in [-0.2, 0) is 6.54 Å². The van der Waals surface area contributed by atoms with E-state index >= 15 is 0 Å². The van der Waals surface area contributed by atoms with E-state index in [1.165, 1.54) is 4.90 Å². The van der Waals surface area contributed by atoms with Crippen LogP contribution in [0, 0.1) is 6.92 Å². The van der Waals surface area contributed by atoms with Crippen molar-refractivity contribution in [2.75, 3.05) is 13.7 Å². The number of ether oxygens (including phenoxy) is 1. The molecule has 0 aliphatic carbocycles. The zero-order chi connectivity index (χ0) is 12.1. The van der Waals surface area contributed by atoms with E-state index in [9.17, 15) is 4.79 Å². The Kier molecular flexibility index (Phi) is 4.17. The topological polar surface area (TPSA) is 55.6 Å². The smallest absolute Gasteiger partial charge is 0.314 e. The maximum absolute atomic E-state index is 10.9. The summed E-state index contributed by atoms with van der Waals surface area (Å²) in [5.41, 5.74) is 7.27. The van der Waals surface area contributed by atoms with Crippen molar-refractivity contribution in [3.63, 3.8) is 0 Å². The van der Waals surface area contributed by atoms with E-state index in [1.807, 2.05) is 32.0 Å². The Morgan fingerprint density at radius 1 is 1.50 bits per heavy atom. The quantitative estimate of drug-likeness (QED) is 0.846. The fraction of sp³-hybridized carbons (Fsp3) is 0.417. The number of rotatable bonds is 4. The van der Waals surface area contributed by atoms with Gasteiger partial charge in [0.05, 0.1) is 6.61 Å². The summed E-state index contributed by atoms with van der Waals surface area (Å²) in [6.07, 6.45) is 0. The number of nitrogens with zero attached hydrogens (tertiary/aromatic N) is 1. The van der Waals surface area contributed by atoms with Crippen LogP contribution in [0.25, 0.3) is 0 Å². The molecule has 0 saturated heterocycles. The summed E-state index contributed by atoms with van der Waals surface area (Å²) in [5, 5.41) is 0. The third-order valence-electron chi connectivity index (χ3n) is 2.34. The summed E-state index contributed by atoms with van der Waals surface area (Å²) in [6.45, 7) is 5.11. The Morgan fingerprint density at radius 2 is 2.19 bits per heavy atom. The van der Waals surface area contributed by atoms with Crippen molar-refractivity contribution in [3.05, 3.63) is 29.3 Å². The highest BCUT2D eigenvalue weighted by molar-refractivity contribution is 5.71. The minimum Gasteiger partial charge on any atom is -0.494 e. The predicted octanol–water partition coefficient (Wildman–Crippen LogP) is 1.90. The van der Waals surface area contributed by atoms with Crippen LogP contribution in [-0.4, -0.2) is 24.6 Å². The van der Waals surface area contributed by atoms with Crippen LogP contribution in [0.5, 0.6) is 5.75 Å². The number of aryl methyl sites for hydroxylation is 1. The molecule has 0 aliphatic rings. The zero-order valence-electron chi connectivity index (χ0n) is 9.99. The molecule has 2 N–H and O–H groups in total. The fourth-order valence-corrected chi connectivity index (χ4v) is 1.48. The van der Waals surface area contributed by atoms with Gasteiger partial charge in [-0.15, -0.1) is 0 Å². The fourth-order valence-electron chi connectivity index (χ4n) is 1.48. The molecule has 1 aromatic carbocycles. The molecular formula is C12H18N2O2. The second kappa shape index (κ2) is 5.39. The lowest BCUT2D eigenvalue weighted by Gasteiger charge is -2.15. The lowest BCUT2D eigenvalue weighted by atomic mass is 10.1. The maximum Gasteiger partial charge on any atom is 0.314 e. The van der Waals surface area contributed by atoms with Crippen molar-refractivity contribution in [3.8, 4) is 5.75 Å². The van der Waals surface area contributed by atoms with Gasteiger partial charge in [-0.1, -0.05) is 12.1 Å². The number of urea groups is 1. The van der Waals surface area contributed by atoms with Crippen LogP contribution in [0.2, 0.25) is 0 Å². The van der Waals surface area contributed by atoms with E-state index in [1.54, 1.807) is 7.05 Å². The highest BCUT2D eigenvalue weighted by Crippen LogP contribution is 2.19. The SMILES string of the molecule is CCOc1ccc(CN(C)C(N)=O)cc1C.